The van der Waals surface area contributed by atoms with Crippen LogP contribution in [0.15, 0.2) is 22.7 Å². The van der Waals surface area contributed by atoms with Gasteiger partial charge in [0.15, 0.2) is 6.29 Å². The van der Waals surface area contributed by atoms with Crippen LogP contribution in [0.1, 0.15) is 23.2 Å². The fourth-order valence-corrected chi connectivity index (χ4v) is 2.92. The SMILES string of the molecule is CN1CCCC(N(C)c2cc(Br)ccc2C=O)C1. The molecule has 0 aliphatic carbocycles. The topological polar surface area (TPSA) is 23.6 Å². The van der Waals surface area contributed by atoms with E-state index >= 15 is 0 Å². The molecule has 1 aliphatic rings. The van der Waals surface area contributed by atoms with E-state index in [4.69, 9.17) is 0 Å². The van der Waals surface area contributed by atoms with Gasteiger partial charge in [0.1, 0.15) is 0 Å². The maximum atomic E-state index is 11.1. The number of carbonyl (C=O) groups is 1. The third kappa shape index (κ3) is 2.93. The number of nitrogens with zero attached hydrogens (tertiary/aromatic N) is 2. The summed E-state index contributed by atoms with van der Waals surface area (Å²) in [6.07, 6.45) is 3.34. The maximum absolute atomic E-state index is 11.1. The second-order valence-electron chi connectivity index (χ2n) is 4.99. The lowest BCUT2D eigenvalue weighted by Gasteiger charge is -2.37. The number of anilines is 1. The van der Waals surface area contributed by atoms with Crippen molar-refractivity contribution in [3.05, 3.63) is 28.2 Å². The molecule has 1 saturated heterocycles. The lowest BCUT2D eigenvalue weighted by atomic mass is 10.0. The Morgan fingerprint density at radius 2 is 2.28 bits per heavy atom. The molecule has 0 spiro atoms. The molecule has 1 aromatic rings. The van der Waals surface area contributed by atoms with Crippen LogP contribution in [0.3, 0.4) is 0 Å². The molecule has 3 nitrogen and oxygen atoms in total. The summed E-state index contributed by atoms with van der Waals surface area (Å²) in [6.45, 7) is 2.23. The molecule has 0 aromatic heterocycles. The molecule has 0 radical (unpaired) electrons. The van der Waals surface area contributed by atoms with Crippen LogP contribution >= 0.6 is 15.9 Å². The van der Waals surface area contributed by atoms with Gasteiger partial charge in [-0.2, -0.15) is 0 Å². The molecule has 4 heteroatoms. The summed E-state index contributed by atoms with van der Waals surface area (Å²) in [5, 5.41) is 0. The first kappa shape index (κ1) is 13.6. The molecule has 0 saturated carbocycles. The monoisotopic (exact) mass is 310 g/mol. The van der Waals surface area contributed by atoms with E-state index in [2.05, 4.69) is 39.8 Å². The summed E-state index contributed by atoms with van der Waals surface area (Å²) in [6, 6.07) is 6.29. The number of rotatable bonds is 3. The highest BCUT2D eigenvalue weighted by Crippen LogP contribution is 2.27. The predicted molar refractivity (Wildman–Crippen MR) is 78.5 cm³/mol. The summed E-state index contributed by atoms with van der Waals surface area (Å²) in [5.41, 5.74) is 1.77. The molecule has 0 amide bonds. The van der Waals surface area contributed by atoms with E-state index in [9.17, 15) is 4.79 Å². The average Bonchev–Trinajstić information content (AvgIpc) is 2.38. The molecular weight excluding hydrogens is 292 g/mol. The third-order valence-electron chi connectivity index (χ3n) is 3.65. The van der Waals surface area contributed by atoms with Crippen molar-refractivity contribution >= 4 is 27.9 Å². The summed E-state index contributed by atoms with van der Waals surface area (Å²) < 4.78 is 1.01. The third-order valence-corrected chi connectivity index (χ3v) is 4.14. The average molecular weight is 311 g/mol. The van der Waals surface area contributed by atoms with Gasteiger partial charge in [-0.05, 0) is 44.6 Å². The van der Waals surface area contributed by atoms with Crippen LogP contribution < -0.4 is 4.90 Å². The number of benzene rings is 1. The lowest BCUT2D eigenvalue weighted by Crippen LogP contribution is -2.45. The van der Waals surface area contributed by atoms with Crippen molar-refractivity contribution in [2.75, 3.05) is 32.1 Å². The van der Waals surface area contributed by atoms with E-state index in [1.165, 1.54) is 19.4 Å². The summed E-state index contributed by atoms with van der Waals surface area (Å²) in [4.78, 5) is 15.7. The Morgan fingerprint density at radius 3 is 2.94 bits per heavy atom. The minimum absolute atomic E-state index is 0.483. The Balaban J connectivity index is 2.24. The second kappa shape index (κ2) is 5.85. The number of piperidine rings is 1. The Labute approximate surface area is 117 Å². The number of carbonyl (C=O) groups excluding carboxylic acids is 1. The first-order valence-corrected chi connectivity index (χ1v) is 7.07. The van der Waals surface area contributed by atoms with Gasteiger partial charge in [0.25, 0.3) is 0 Å². The van der Waals surface area contributed by atoms with E-state index in [-0.39, 0.29) is 0 Å². The zero-order chi connectivity index (χ0) is 13.1. The highest BCUT2D eigenvalue weighted by Gasteiger charge is 2.22. The van der Waals surface area contributed by atoms with Crippen molar-refractivity contribution in [3.8, 4) is 0 Å². The first-order chi connectivity index (χ1) is 8.61. The van der Waals surface area contributed by atoms with Crippen LogP contribution in [0.5, 0.6) is 0 Å². The Kier molecular flexibility index (Phi) is 4.40. The van der Waals surface area contributed by atoms with E-state index in [0.717, 1.165) is 28.6 Å². The van der Waals surface area contributed by atoms with Crippen LogP contribution in [-0.2, 0) is 0 Å². The largest absolute Gasteiger partial charge is 0.370 e. The van der Waals surface area contributed by atoms with E-state index in [0.29, 0.717) is 6.04 Å². The first-order valence-electron chi connectivity index (χ1n) is 6.28. The van der Waals surface area contributed by atoms with Crippen molar-refractivity contribution in [2.24, 2.45) is 0 Å². The number of hydrogen-bond donors (Lipinski definition) is 0. The van der Waals surface area contributed by atoms with Gasteiger partial charge in [0, 0.05) is 35.4 Å². The smallest absolute Gasteiger partial charge is 0.152 e. The molecule has 1 aliphatic heterocycles. The van der Waals surface area contributed by atoms with Gasteiger partial charge in [0.2, 0.25) is 0 Å². The predicted octanol–water partition coefficient (Wildman–Crippen LogP) is 2.79. The van der Waals surface area contributed by atoms with Crippen molar-refractivity contribution in [1.29, 1.82) is 0 Å². The van der Waals surface area contributed by atoms with Crippen molar-refractivity contribution in [2.45, 2.75) is 18.9 Å². The highest BCUT2D eigenvalue weighted by molar-refractivity contribution is 9.10. The van der Waals surface area contributed by atoms with Gasteiger partial charge in [-0.15, -0.1) is 0 Å². The Bertz CT molecular complexity index is 436. The molecule has 1 atom stereocenters. The summed E-state index contributed by atoms with van der Waals surface area (Å²) in [7, 11) is 4.24. The van der Waals surface area contributed by atoms with E-state index in [1.807, 2.05) is 18.2 Å². The normalized spacial score (nSPS) is 20.7. The molecule has 1 aromatic carbocycles. The standard InChI is InChI=1S/C14H19BrN2O/c1-16-7-3-4-13(9-16)17(2)14-8-12(15)6-5-11(14)10-18/h5-6,8,10,13H,3-4,7,9H2,1-2H3. The van der Waals surface area contributed by atoms with Crippen LogP contribution in [0.2, 0.25) is 0 Å². The molecule has 98 valence electrons. The minimum Gasteiger partial charge on any atom is -0.370 e. The van der Waals surface area contributed by atoms with Crippen LogP contribution in [0.4, 0.5) is 5.69 Å². The van der Waals surface area contributed by atoms with Crippen molar-refractivity contribution < 1.29 is 4.79 Å². The van der Waals surface area contributed by atoms with Crippen LogP contribution in [0.25, 0.3) is 0 Å². The number of halogens is 1. The molecule has 2 rings (SSSR count). The summed E-state index contributed by atoms with van der Waals surface area (Å²) >= 11 is 3.48. The Morgan fingerprint density at radius 1 is 1.50 bits per heavy atom. The van der Waals surface area contributed by atoms with Crippen molar-refractivity contribution in [3.63, 3.8) is 0 Å². The van der Waals surface area contributed by atoms with Gasteiger partial charge in [-0.25, -0.2) is 0 Å². The van der Waals surface area contributed by atoms with Gasteiger partial charge < -0.3 is 9.80 Å². The molecule has 1 unspecified atom stereocenters. The van der Waals surface area contributed by atoms with E-state index in [1.54, 1.807) is 0 Å². The second-order valence-corrected chi connectivity index (χ2v) is 5.91. The molecule has 0 N–H and O–H groups in total. The number of aldehydes is 1. The zero-order valence-electron chi connectivity index (χ0n) is 10.9. The van der Waals surface area contributed by atoms with Crippen LogP contribution in [-0.4, -0.2) is 44.4 Å². The maximum Gasteiger partial charge on any atom is 0.152 e. The molecule has 18 heavy (non-hydrogen) atoms. The van der Waals surface area contributed by atoms with Crippen molar-refractivity contribution in [1.82, 2.24) is 4.90 Å². The fourth-order valence-electron chi connectivity index (χ4n) is 2.57. The van der Waals surface area contributed by atoms with E-state index < -0.39 is 0 Å². The molecule has 1 fully saturated rings. The Hall–Kier alpha value is -0.870. The molecule has 0 bridgehead atoms. The molecule has 1 heterocycles. The highest BCUT2D eigenvalue weighted by atomic mass is 79.9. The quantitative estimate of drug-likeness (QED) is 0.802. The number of likely N-dealkylation sites (tertiary alicyclic amines) is 1. The van der Waals surface area contributed by atoms with Gasteiger partial charge in [0.05, 0.1) is 0 Å². The zero-order valence-corrected chi connectivity index (χ0v) is 12.5. The minimum atomic E-state index is 0.483. The van der Waals surface area contributed by atoms with Gasteiger partial charge >= 0.3 is 0 Å². The van der Waals surface area contributed by atoms with Gasteiger partial charge in [-0.1, -0.05) is 15.9 Å². The fraction of sp³-hybridized carbons (Fsp3) is 0.500. The van der Waals surface area contributed by atoms with Crippen LogP contribution in [0, 0.1) is 0 Å². The number of likely N-dealkylation sites (N-methyl/N-ethyl adjacent to an activating group) is 2. The van der Waals surface area contributed by atoms with Gasteiger partial charge in [-0.3, -0.25) is 4.79 Å². The molecular formula is C14H19BrN2O. The lowest BCUT2D eigenvalue weighted by molar-refractivity contribution is 0.112. The summed E-state index contributed by atoms with van der Waals surface area (Å²) in [5.74, 6) is 0. The number of hydrogen-bond acceptors (Lipinski definition) is 3.